The van der Waals surface area contributed by atoms with Crippen LogP contribution in [0.5, 0.6) is 5.75 Å². The van der Waals surface area contributed by atoms with Crippen LogP contribution in [0.1, 0.15) is 22.3 Å². The molecular weight excluding hydrogens is 462 g/mol. The van der Waals surface area contributed by atoms with Gasteiger partial charge in [0.2, 0.25) is 0 Å². The number of anilines is 1. The van der Waals surface area contributed by atoms with E-state index in [2.05, 4.69) is 21.8 Å². The van der Waals surface area contributed by atoms with E-state index in [1.807, 2.05) is 24.4 Å². The number of sulfonamides is 1. The molecule has 178 valence electrons. The maximum absolute atomic E-state index is 13.2. The number of fused-ring (bicyclic) bond motifs is 1. The van der Waals surface area contributed by atoms with Crippen molar-refractivity contribution in [2.75, 3.05) is 24.9 Å². The SMILES string of the molecule is COc1ccc(NS(=O)(=O)c2cccc(C(=O)N3CC=C(c4c[nH]c5ccccc45)CC3)c2)cc1. The average Bonchev–Trinajstić information content (AvgIpc) is 3.33. The van der Waals surface area contributed by atoms with E-state index in [1.54, 1.807) is 48.4 Å². The van der Waals surface area contributed by atoms with Crippen LogP contribution in [0.4, 0.5) is 5.69 Å². The van der Waals surface area contributed by atoms with Crippen molar-refractivity contribution < 1.29 is 17.9 Å². The molecule has 3 aromatic carbocycles. The number of aromatic nitrogens is 1. The number of ether oxygens (including phenoxy) is 1. The van der Waals surface area contributed by atoms with Crippen LogP contribution in [0.2, 0.25) is 0 Å². The number of para-hydroxylation sites is 1. The summed E-state index contributed by atoms with van der Waals surface area (Å²) in [7, 11) is -2.31. The van der Waals surface area contributed by atoms with E-state index < -0.39 is 10.0 Å². The van der Waals surface area contributed by atoms with Crippen molar-refractivity contribution in [1.82, 2.24) is 9.88 Å². The second kappa shape index (κ2) is 9.31. The number of H-pyrrole nitrogens is 1. The topological polar surface area (TPSA) is 91.5 Å². The Balaban J connectivity index is 1.31. The third-order valence-electron chi connectivity index (χ3n) is 6.17. The standard InChI is InChI=1S/C27H25N3O4S/c1-34-22-11-9-21(10-12-22)29-35(32,33)23-6-4-5-20(17-23)27(31)30-15-13-19(14-16-30)25-18-28-26-8-3-2-7-24(25)26/h2-13,17-18,28-29H,14-16H2,1H3. The van der Waals surface area contributed by atoms with Gasteiger partial charge in [-0.2, -0.15) is 0 Å². The number of nitrogens with zero attached hydrogens (tertiary/aromatic N) is 1. The molecule has 1 amide bonds. The molecule has 7 nitrogen and oxygen atoms in total. The van der Waals surface area contributed by atoms with Crippen LogP contribution in [-0.2, 0) is 10.0 Å². The molecule has 2 N–H and O–H groups in total. The second-order valence-corrected chi connectivity index (χ2v) is 10.0. The lowest BCUT2D eigenvalue weighted by Crippen LogP contribution is -2.34. The van der Waals surface area contributed by atoms with Gasteiger partial charge in [-0.3, -0.25) is 9.52 Å². The first-order chi connectivity index (χ1) is 16.9. The third kappa shape index (κ3) is 4.65. The fourth-order valence-corrected chi connectivity index (χ4v) is 5.39. The monoisotopic (exact) mass is 487 g/mol. The Bertz CT molecular complexity index is 1520. The number of nitrogens with one attached hydrogen (secondary N) is 2. The molecule has 0 radical (unpaired) electrons. The lowest BCUT2D eigenvalue weighted by molar-refractivity contribution is 0.0772. The number of carbonyl (C=O) groups excluding carboxylic acids is 1. The molecule has 0 saturated carbocycles. The number of amides is 1. The van der Waals surface area contributed by atoms with Gasteiger partial charge in [-0.05, 0) is 60.5 Å². The molecular formula is C27H25N3O4S. The van der Waals surface area contributed by atoms with E-state index in [0.29, 0.717) is 30.1 Å². The first-order valence-corrected chi connectivity index (χ1v) is 12.7. The zero-order valence-electron chi connectivity index (χ0n) is 19.2. The van der Waals surface area contributed by atoms with E-state index in [1.165, 1.54) is 23.1 Å². The summed E-state index contributed by atoms with van der Waals surface area (Å²) < 4.78 is 33.5. The molecule has 1 aliphatic heterocycles. The number of hydrogen-bond donors (Lipinski definition) is 2. The summed E-state index contributed by atoms with van der Waals surface area (Å²) in [6.45, 7) is 1.03. The van der Waals surface area contributed by atoms with Gasteiger partial charge in [0, 0.05) is 47.0 Å². The summed E-state index contributed by atoms with van der Waals surface area (Å²) in [5, 5.41) is 1.17. The maximum atomic E-state index is 13.2. The second-order valence-electron chi connectivity index (χ2n) is 8.34. The highest BCUT2D eigenvalue weighted by Gasteiger charge is 2.22. The van der Waals surface area contributed by atoms with E-state index in [9.17, 15) is 13.2 Å². The van der Waals surface area contributed by atoms with Crippen molar-refractivity contribution in [3.05, 3.63) is 96.2 Å². The predicted octanol–water partition coefficient (Wildman–Crippen LogP) is 4.91. The number of hydrogen-bond acceptors (Lipinski definition) is 4. The molecule has 8 heteroatoms. The molecule has 1 aromatic heterocycles. The Morgan fingerprint density at radius 3 is 2.57 bits per heavy atom. The predicted molar refractivity (Wildman–Crippen MR) is 137 cm³/mol. The van der Waals surface area contributed by atoms with Gasteiger partial charge in [0.15, 0.2) is 0 Å². The van der Waals surface area contributed by atoms with Crippen LogP contribution >= 0.6 is 0 Å². The Morgan fingerprint density at radius 2 is 1.83 bits per heavy atom. The van der Waals surface area contributed by atoms with Gasteiger partial charge in [0.1, 0.15) is 5.75 Å². The Hall–Kier alpha value is -4.04. The van der Waals surface area contributed by atoms with Crippen molar-refractivity contribution in [3.8, 4) is 5.75 Å². The minimum Gasteiger partial charge on any atom is -0.497 e. The largest absolute Gasteiger partial charge is 0.497 e. The molecule has 0 spiro atoms. The lowest BCUT2D eigenvalue weighted by atomic mass is 9.98. The smallest absolute Gasteiger partial charge is 0.261 e. The molecule has 35 heavy (non-hydrogen) atoms. The highest BCUT2D eigenvalue weighted by atomic mass is 32.2. The zero-order chi connectivity index (χ0) is 24.4. The van der Waals surface area contributed by atoms with E-state index in [0.717, 1.165) is 17.5 Å². The number of carbonyl (C=O) groups is 1. The molecule has 5 rings (SSSR count). The molecule has 0 unspecified atom stereocenters. The van der Waals surface area contributed by atoms with Gasteiger partial charge in [0.25, 0.3) is 15.9 Å². The molecule has 0 fully saturated rings. The fourth-order valence-electron chi connectivity index (χ4n) is 4.29. The van der Waals surface area contributed by atoms with E-state index >= 15 is 0 Å². The first-order valence-electron chi connectivity index (χ1n) is 11.3. The third-order valence-corrected chi connectivity index (χ3v) is 7.54. The lowest BCUT2D eigenvalue weighted by Gasteiger charge is -2.26. The minimum absolute atomic E-state index is 0.0335. The van der Waals surface area contributed by atoms with Crippen molar-refractivity contribution in [2.24, 2.45) is 0 Å². The zero-order valence-corrected chi connectivity index (χ0v) is 20.0. The van der Waals surface area contributed by atoms with Gasteiger partial charge in [-0.15, -0.1) is 0 Å². The van der Waals surface area contributed by atoms with E-state index in [4.69, 9.17) is 4.74 Å². The summed E-state index contributed by atoms with van der Waals surface area (Å²) in [4.78, 5) is 18.2. The van der Waals surface area contributed by atoms with Crippen molar-refractivity contribution in [3.63, 3.8) is 0 Å². The number of aromatic amines is 1. The first kappa shape index (κ1) is 22.7. The van der Waals surface area contributed by atoms with Crippen LogP contribution < -0.4 is 9.46 Å². The molecule has 0 bridgehead atoms. The molecule has 4 aromatic rings. The van der Waals surface area contributed by atoms with Crippen molar-refractivity contribution >= 4 is 38.1 Å². The highest BCUT2D eigenvalue weighted by Crippen LogP contribution is 2.29. The number of rotatable bonds is 6. The Kier molecular flexibility index (Phi) is 6.05. The Morgan fingerprint density at radius 1 is 1.03 bits per heavy atom. The highest BCUT2D eigenvalue weighted by molar-refractivity contribution is 7.92. The van der Waals surface area contributed by atoms with Crippen LogP contribution in [-0.4, -0.2) is 44.4 Å². The van der Waals surface area contributed by atoms with Crippen LogP contribution in [0.3, 0.4) is 0 Å². The number of methoxy groups -OCH3 is 1. The van der Waals surface area contributed by atoms with Gasteiger partial charge in [-0.1, -0.05) is 30.3 Å². The Labute approximate surface area is 204 Å². The summed E-state index contributed by atoms with van der Waals surface area (Å²) >= 11 is 0. The van der Waals surface area contributed by atoms with Crippen LogP contribution in [0.15, 0.2) is 90.0 Å². The maximum Gasteiger partial charge on any atom is 0.261 e. The van der Waals surface area contributed by atoms with Gasteiger partial charge >= 0.3 is 0 Å². The average molecular weight is 488 g/mol. The van der Waals surface area contributed by atoms with Crippen molar-refractivity contribution in [1.29, 1.82) is 0 Å². The normalized spacial score (nSPS) is 14.0. The quantitative estimate of drug-likeness (QED) is 0.404. The molecule has 2 heterocycles. The van der Waals surface area contributed by atoms with Crippen molar-refractivity contribution in [2.45, 2.75) is 11.3 Å². The van der Waals surface area contributed by atoms with Gasteiger partial charge < -0.3 is 14.6 Å². The van der Waals surface area contributed by atoms with Gasteiger partial charge in [-0.25, -0.2) is 8.42 Å². The van der Waals surface area contributed by atoms with Crippen LogP contribution in [0.25, 0.3) is 16.5 Å². The summed E-state index contributed by atoms with van der Waals surface area (Å²) in [6.07, 6.45) is 4.81. The number of benzene rings is 3. The molecule has 1 aliphatic rings. The molecule has 0 atom stereocenters. The summed E-state index contributed by atoms with van der Waals surface area (Å²) in [6, 6.07) is 20.9. The van der Waals surface area contributed by atoms with Crippen LogP contribution in [0, 0.1) is 0 Å². The fraction of sp³-hybridized carbons (Fsp3) is 0.148. The van der Waals surface area contributed by atoms with E-state index in [-0.39, 0.29) is 10.8 Å². The summed E-state index contributed by atoms with van der Waals surface area (Å²) in [5.74, 6) is 0.435. The molecule has 0 aliphatic carbocycles. The summed E-state index contributed by atoms with van der Waals surface area (Å²) in [5.41, 5.74) is 4.19. The minimum atomic E-state index is -3.86. The van der Waals surface area contributed by atoms with Gasteiger partial charge in [0.05, 0.1) is 12.0 Å². The molecule has 0 saturated heterocycles.